The van der Waals surface area contributed by atoms with Gasteiger partial charge in [-0.1, -0.05) is 49.0 Å². The lowest BCUT2D eigenvalue weighted by atomic mass is 10.0. The first-order valence-electron chi connectivity index (χ1n) is 10.6. The Labute approximate surface area is 181 Å². The number of benzene rings is 2. The highest BCUT2D eigenvalue weighted by Crippen LogP contribution is 2.25. The minimum absolute atomic E-state index is 0.0946. The van der Waals surface area contributed by atoms with Gasteiger partial charge in [-0.25, -0.2) is 4.98 Å². The van der Waals surface area contributed by atoms with Crippen LogP contribution in [0, 0.1) is 0 Å². The van der Waals surface area contributed by atoms with Gasteiger partial charge in [-0.05, 0) is 56.4 Å². The Balaban J connectivity index is 1.75. The number of fused-ring (bicyclic) bond motifs is 1. The molecule has 4 rings (SSSR count). The fourth-order valence-corrected chi connectivity index (χ4v) is 5.02. The van der Waals surface area contributed by atoms with Crippen LogP contribution < -0.4 is 5.56 Å². The van der Waals surface area contributed by atoms with Gasteiger partial charge in [0, 0.05) is 12.6 Å². The number of aryl methyl sites for hydroxylation is 1. The van der Waals surface area contributed by atoms with Gasteiger partial charge in [-0.15, -0.1) is 0 Å². The van der Waals surface area contributed by atoms with Crippen LogP contribution in [-0.4, -0.2) is 38.7 Å². The first kappa shape index (κ1) is 20.7. The molecule has 0 aliphatic carbocycles. The van der Waals surface area contributed by atoms with E-state index in [1.54, 1.807) is 4.57 Å². The van der Waals surface area contributed by atoms with Crippen molar-refractivity contribution in [2.75, 3.05) is 12.3 Å². The fourth-order valence-electron chi connectivity index (χ4n) is 4.13. The molecule has 0 N–H and O–H groups in total. The number of aromatic nitrogens is 2. The number of rotatable bonds is 5. The number of para-hydroxylation sites is 2. The second-order valence-corrected chi connectivity index (χ2v) is 8.70. The Bertz CT molecular complexity index is 1120. The summed E-state index contributed by atoms with van der Waals surface area (Å²) in [5.74, 6) is 0.397. The molecule has 2 heterocycles. The Morgan fingerprint density at radius 3 is 2.70 bits per heavy atom. The average molecular weight is 422 g/mol. The molecule has 1 atom stereocenters. The quantitative estimate of drug-likeness (QED) is 0.451. The highest BCUT2D eigenvalue weighted by Gasteiger charge is 2.24. The second-order valence-electron chi connectivity index (χ2n) is 7.75. The van der Waals surface area contributed by atoms with E-state index in [1.807, 2.05) is 53.4 Å². The third-order valence-corrected chi connectivity index (χ3v) is 6.73. The average Bonchev–Trinajstić information content (AvgIpc) is 2.78. The molecule has 0 saturated carbocycles. The van der Waals surface area contributed by atoms with E-state index < -0.39 is 0 Å². The molecular formula is C24H27N3O2S. The fraction of sp³-hybridized carbons (Fsp3) is 0.375. The summed E-state index contributed by atoms with van der Waals surface area (Å²) < 4.78 is 1.68. The predicted octanol–water partition coefficient (Wildman–Crippen LogP) is 4.44. The van der Waals surface area contributed by atoms with Gasteiger partial charge in [-0.2, -0.15) is 0 Å². The zero-order valence-electron chi connectivity index (χ0n) is 17.5. The summed E-state index contributed by atoms with van der Waals surface area (Å²) in [5.41, 5.74) is 2.48. The molecule has 1 aliphatic rings. The predicted molar refractivity (Wildman–Crippen MR) is 122 cm³/mol. The number of likely N-dealkylation sites (tertiary alicyclic amines) is 1. The summed E-state index contributed by atoms with van der Waals surface area (Å²) in [7, 11) is 0. The Hall–Kier alpha value is -2.60. The standard InChI is InChI=1S/C24H27N3O2S/c1-3-18-11-4-7-14-21(18)27-23(29)19-12-5-6-13-20(19)25-24(27)30-16-22(28)26-15-9-8-10-17(26)2/h4-7,11-14,17H,3,8-10,15-16H2,1-2H3/t17-/m0/s1. The third kappa shape index (κ3) is 4.01. The van der Waals surface area contributed by atoms with E-state index >= 15 is 0 Å². The summed E-state index contributed by atoms with van der Waals surface area (Å²) in [5, 5.41) is 1.15. The van der Waals surface area contributed by atoms with Crippen LogP contribution in [0.15, 0.2) is 58.5 Å². The van der Waals surface area contributed by atoms with E-state index in [4.69, 9.17) is 4.98 Å². The Morgan fingerprint density at radius 2 is 1.90 bits per heavy atom. The highest BCUT2D eigenvalue weighted by molar-refractivity contribution is 7.99. The van der Waals surface area contributed by atoms with Gasteiger partial charge in [-0.3, -0.25) is 14.2 Å². The molecule has 0 bridgehead atoms. The number of hydrogen-bond donors (Lipinski definition) is 0. The molecule has 1 aromatic heterocycles. The van der Waals surface area contributed by atoms with E-state index in [0.717, 1.165) is 37.1 Å². The lowest BCUT2D eigenvalue weighted by molar-refractivity contribution is -0.131. The summed E-state index contributed by atoms with van der Waals surface area (Å²) in [6.45, 7) is 5.01. The number of hydrogen-bond acceptors (Lipinski definition) is 4. The van der Waals surface area contributed by atoms with E-state index in [0.29, 0.717) is 16.1 Å². The molecule has 3 aromatic rings. The molecule has 6 heteroatoms. The first-order chi connectivity index (χ1) is 14.6. The number of nitrogens with zero attached hydrogens (tertiary/aromatic N) is 3. The lowest BCUT2D eigenvalue weighted by Gasteiger charge is -2.33. The largest absolute Gasteiger partial charge is 0.339 e. The van der Waals surface area contributed by atoms with Gasteiger partial charge in [0.05, 0.1) is 22.3 Å². The lowest BCUT2D eigenvalue weighted by Crippen LogP contribution is -2.43. The van der Waals surface area contributed by atoms with E-state index in [2.05, 4.69) is 13.8 Å². The van der Waals surface area contributed by atoms with Crippen molar-refractivity contribution in [2.24, 2.45) is 0 Å². The summed E-state index contributed by atoms with van der Waals surface area (Å²) in [6, 6.07) is 15.6. The van der Waals surface area contributed by atoms with E-state index in [-0.39, 0.29) is 23.3 Å². The minimum atomic E-state index is -0.0946. The SMILES string of the molecule is CCc1ccccc1-n1c(SCC(=O)N2CCCC[C@@H]2C)nc2ccccc2c1=O. The number of thioether (sulfide) groups is 1. The van der Waals surface area contributed by atoms with Crippen LogP contribution in [0.4, 0.5) is 0 Å². The van der Waals surface area contributed by atoms with Crippen LogP contribution in [-0.2, 0) is 11.2 Å². The van der Waals surface area contributed by atoms with E-state index in [9.17, 15) is 9.59 Å². The Kier molecular flexibility index (Phi) is 6.23. The molecule has 1 amide bonds. The molecule has 2 aromatic carbocycles. The summed E-state index contributed by atoms with van der Waals surface area (Å²) in [6.07, 6.45) is 4.10. The molecule has 0 spiro atoms. The van der Waals surface area contributed by atoms with Gasteiger partial charge < -0.3 is 4.90 Å². The first-order valence-corrected chi connectivity index (χ1v) is 11.6. The van der Waals surface area contributed by atoms with Gasteiger partial charge >= 0.3 is 0 Å². The molecule has 30 heavy (non-hydrogen) atoms. The normalized spacial score (nSPS) is 16.7. The van der Waals surface area contributed by atoms with Crippen molar-refractivity contribution in [2.45, 2.75) is 50.7 Å². The molecule has 0 unspecified atom stereocenters. The topological polar surface area (TPSA) is 55.2 Å². The van der Waals surface area contributed by atoms with E-state index in [1.165, 1.54) is 18.2 Å². The number of carbonyl (C=O) groups excluding carboxylic acids is 1. The van der Waals surface area contributed by atoms with Crippen LogP contribution in [0.2, 0.25) is 0 Å². The highest BCUT2D eigenvalue weighted by atomic mass is 32.2. The number of amides is 1. The zero-order chi connectivity index (χ0) is 21.1. The summed E-state index contributed by atoms with van der Waals surface area (Å²) >= 11 is 1.35. The minimum Gasteiger partial charge on any atom is -0.339 e. The maximum atomic E-state index is 13.4. The van der Waals surface area contributed by atoms with Crippen molar-refractivity contribution in [3.8, 4) is 5.69 Å². The molecule has 1 aliphatic heterocycles. The maximum absolute atomic E-state index is 13.4. The summed E-state index contributed by atoms with van der Waals surface area (Å²) in [4.78, 5) is 33.1. The van der Waals surface area contributed by atoms with Crippen molar-refractivity contribution in [3.63, 3.8) is 0 Å². The van der Waals surface area contributed by atoms with Crippen molar-refractivity contribution < 1.29 is 4.79 Å². The molecule has 0 radical (unpaired) electrons. The van der Waals surface area contributed by atoms with Crippen molar-refractivity contribution in [1.82, 2.24) is 14.5 Å². The van der Waals surface area contributed by atoms with Crippen LogP contribution in [0.25, 0.3) is 16.6 Å². The van der Waals surface area contributed by atoms with Gasteiger partial charge in [0.1, 0.15) is 0 Å². The second kappa shape index (κ2) is 9.04. The molecule has 5 nitrogen and oxygen atoms in total. The van der Waals surface area contributed by atoms with Crippen molar-refractivity contribution in [3.05, 3.63) is 64.4 Å². The van der Waals surface area contributed by atoms with Gasteiger partial charge in [0.2, 0.25) is 5.91 Å². The van der Waals surface area contributed by atoms with Crippen molar-refractivity contribution in [1.29, 1.82) is 0 Å². The molecular weight excluding hydrogens is 394 g/mol. The monoisotopic (exact) mass is 421 g/mol. The molecule has 1 fully saturated rings. The number of piperidine rings is 1. The smallest absolute Gasteiger partial charge is 0.266 e. The van der Waals surface area contributed by atoms with Gasteiger partial charge in [0.25, 0.3) is 5.56 Å². The van der Waals surface area contributed by atoms with Crippen LogP contribution in [0.3, 0.4) is 0 Å². The van der Waals surface area contributed by atoms with Crippen LogP contribution >= 0.6 is 11.8 Å². The van der Waals surface area contributed by atoms with Crippen molar-refractivity contribution >= 4 is 28.6 Å². The maximum Gasteiger partial charge on any atom is 0.266 e. The third-order valence-electron chi connectivity index (χ3n) is 5.81. The molecule has 156 valence electrons. The number of carbonyl (C=O) groups is 1. The van der Waals surface area contributed by atoms with Crippen LogP contribution in [0.1, 0.15) is 38.7 Å². The van der Waals surface area contributed by atoms with Gasteiger partial charge in [0.15, 0.2) is 5.16 Å². The zero-order valence-corrected chi connectivity index (χ0v) is 18.3. The van der Waals surface area contributed by atoms with Crippen LogP contribution in [0.5, 0.6) is 0 Å². The molecule has 1 saturated heterocycles. The Morgan fingerprint density at radius 1 is 1.13 bits per heavy atom.